The molecule has 1 aliphatic carbocycles. The summed E-state index contributed by atoms with van der Waals surface area (Å²) in [5, 5.41) is 11.0. The van der Waals surface area contributed by atoms with Gasteiger partial charge in [-0.25, -0.2) is 0 Å². The fourth-order valence-electron chi connectivity index (χ4n) is 2.34. The molecule has 2 unspecified atom stereocenters. The quantitative estimate of drug-likeness (QED) is 0.624. The first-order chi connectivity index (χ1) is 9.10. The minimum absolute atomic E-state index is 0.00563. The minimum Gasteiger partial charge on any atom is -0.483 e. The fourth-order valence-corrected chi connectivity index (χ4v) is 2.68. The van der Waals surface area contributed by atoms with Crippen molar-refractivity contribution in [2.75, 3.05) is 7.11 Å². The number of methoxy groups -OCH3 is 1. The average molecular weight is 330 g/mol. The first kappa shape index (κ1) is 14.3. The van der Waals surface area contributed by atoms with Gasteiger partial charge < -0.3 is 9.47 Å². The molecule has 0 heterocycles. The van der Waals surface area contributed by atoms with Gasteiger partial charge in [0.2, 0.25) is 0 Å². The molecular weight excluding hydrogens is 314 g/mol. The Balaban J connectivity index is 2.12. The Morgan fingerprint density at radius 1 is 1.37 bits per heavy atom. The van der Waals surface area contributed by atoms with E-state index in [-0.39, 0.29) is 17.9 Å². The molecule has 0 aromatic heterocycles. The van der Waals surface area contributed by atoms with Gasteiger partial charge in [0, 0.05) is 24.1 Å². The van der Waals surface area contributed by atoms with Crippen LogP contribution in [0.3, 0.4) is 0 Å². The summed E-state index contributed by atoms with van der Waals surface area (Å²) in [5.41, 5.74) is -0.00563. The monoisotopic (exact) mass is 329 g/mol. The van der Waals surface area contributed by atoms with Crippen LogP contribution < -0.4 is 4.74 Å². The van der Waals surface area contributed by atoms with Crippen molar-refractivity contribution in [3.8, 4) is 5.75 Å². The summed E-state index contributed by atoms with van der Waals surface area (Å²) in [6, 6.07) is 4.85. The first-order valence-electron chi connectivity index (χ1n) is 6.23. The number of halogens is 1. The van der Waals surface area contributed by atoms with Crippen LogP contribution in [0.2, 0.25) is 0 Å². The standard InChI is InChI=1S/C13H16BrNO4/c1-18-10-3-2-4-11(8-10)19-13-6-5-9(14)7-12(13)15(16)17/h5-7,10-11H,2-4,8H2,1H3. The topological polar surface area (TPSA) is 61.6 Å². The summed E-state index contributed by atoms with van der Waals surface area (Å²) in [5.74, 6) is 0.329. The second-order valence-electron chi connectivity index (χ2n) is 4.63. The molecule has 104 valence electrons. The van der Waals surface area contributed by atoms with Gasteiger partial charge in [0.15, 0.2) is 5.75 Å². The van der Waals surface area contributed by atoms with E-state index in [1.165, 1.54) is 6.07 Å². The van der Waals surface area contributed by atoms with Crippen molar-refractivity contribution in [3.05, 3.63) is 32.8 Å². The molecule has 2 atom stereocenters. The number of hydrogen-bond acceptors (Lipinski definition) is 4. The van der Waals surface area contributed by atoms with E-state index in [4.69, 9.17) is 9.47 Å². The number of benzene rings is 1. The van der Waals surface area contributed by atoms with E-state index in [1.807, 2.05) is 0 Å². The molecule has 0 N–H and O–H groups in total. The van der Waals surface area contributed by atoms with Crippen LogP contribution in [-0.2, 0) is 4.74 Å². The smallest absolute Gasteiger partial charge is 0.312 e. The third-order valence-corrected chi connectivity index (χ3v) is 3.82. The zero-order chi connectivity index (χ0) is 13.8. The highest BCUT2D eigenvalue weighted by Gasteiger charge is 2.25. The van der Waals surface area contributed by atoms with E-state index in [0.29, 0.717) is 10.2 Å². The van der Waals surface area contributed by atoms with Gasteiger partial charge >= 0.3 is 5.69 Å². The molecule has 6 heteroatoms. The second-order valence-corrected chi connectivity index (χ2v) is 5.55. The van der Waals surface area contributed by atoms with E-state index in [0.717, 1.165) is 25.7 Å². The summed E-state index contributed by atoms with van der Waals surface area (Å²) in [6.45, 7) is 0. The molecule has 0 amide bonds. The molecule has 0 saturated heterocycles. The Labute approximate surface area is 120 Å². The van der Waals surface area contributed by atoms with Crippen LogP contribution in [-0.4, -0.2) is 24.2 Å². The molecule has 0 radical (unpaired) electrons. The number of hydrogen-bond donors (Lipinski definition) is 0. The maximum absolute atomic E-state index is 11.0. The maximum atomic E-state index is 11.0. The average Bonchev–Trinajstić information content (AvgIpc) is 2.41. The largest absolute Gasteiger partial charge is 0.483 e. The molecular formula is C13H16BrNO4. The second kappa shape index (κ2) is 6.34. The Hall–Kier alpha value is -1.14. The van der Waals surface area contributed by atoms with E-state index >= 15 is 0 Å². The summed E-state index contributed by atoms with van der Waals surface area (Å²) in [6.07, 6.45) is 3.91. The molecule has 0 bridgehead atoms. The number of nitrogens with zero attached hydrogens (tertiary/aromatic N) is 1. The van der Waals surface area contributed by atoms with Crippen molar-refractivity contribution < 1.29 is 14.4 Å². The highest BCUT2D eigenvalue weighted by atomic mass is 79.9. The van der Waals surface area contributed by atoms with Crippen LogP contribution >= 0.6 is 15.9 Å². The zero-order valence-corrected chi connectivity index (χ0v) is 12.3. The number of nitro benzene ring substituents is 1. The van der Waals surface area contributed by atoms with Crippen LogP contribution in [0.1, 0.15) is 25.7 Å². The molecule has 0 aliphatic heterocycles. The third-order valence-electron chi connectivity index (χ3n) is 3.32. The maximum Gasteiger partial charge on any atom is 0.312 e. The molecule has 1 aromatic rings. The van der Waals surface area contributed by atoms with Gasteiger partial charge in [-0.3, -0.25) is 10.1 Å². The van der Waals surface area contributed by atoms with Crippen LogP contribution in [0.5, 0.6) is 5.75 Å². The molecule has 1 fully saturated rings. The van der Waals surface area contributed by atoms with Gasteiger partial charge in [0.25, 0.3) is 0 Å². The van der Waals surface area contributed by atoms with Crippen LogP contribution in [0.15, 0.2) is 22.7 Å². The van der Waals surface area contributed by atoms with Crippen molar-refractivity contribution in [1.82, 2.24) is 0 Å². The predicted molar refractivity (Wildman–Crippen MR) is 74.5 cm³/mol. The molecule has 0 spiro atoms. The molecule has 1 aliphatic rings. The van der Waals surface area contributed by atoms with E-state index < -0.39 is 4.92 Å². The predicted octanol–water partition coefficient (Wildman–Crippen LogP) is 3.69. The SMILES string of the molecule is COC1CCCC(Oc2ccc(Br)cc2[N+](=O)[O-])C1. The van der Waals surface area contributed by atoms with Gasteiger partial charge in [-0.1, -0.05) is 15.9 Å². The van der Waals surface area contributed by atoms with E-state index in [9.17, 15) is 10.1 Å². The van der Waals surface area contributed by atoms with Gasteiger partial charge in [0.1, 0.15) is 6.10 Å². The van der Waals surface area contributed by atoms with Gasteiger partial charge in [-0.05, 0) is 31.4 Å². The van der Waals surface area contributed by atoms with E-state index in [2.05, 4.69) is 15.9 Å². The summed E-state index contributed by atoms with van der Waals surface area (Å²) < 4.78 is 11.8. The summed E-state index contributed by atoms with van der Waals surface area (Å²) in [7, 11) is 1.69. The third kappa shape index (κ3) is 3.67. The molecule has 1 aromatic carbocycles. The Bertz CT molecular complexity index is 466. The highest BCUT2D eigenvalue weighted by molar-refractivity contribution is 9.10. The molecule has 2 rings (SSSR count). The summed E-state index contributed by atoms with van der Waals surface area (Å²) in [4.78, 5) is 10.6. The fraction of sp³-hybridized carbons (Fsp3) is 0.538. The van der Waals surface area contributed by atoms with Crippen LogP contribution in [0, 0.1) is 10.1 Å². The molecule has 1 saturated carbocycles. The lowest BCUT2D eigenvalue weighted by atomic mass is 9.95. The number of nitro groups is 1. The van der Waals surface area contributed by atoms with Crippen molar-refractivity contribution in [2.24, 2.45) is 0 Å². The lowest BCUT2D eigenvalue weighted by molar-refractivity contribution is -0.386. The summed E-state index contributed by atoms with van der Waals surface area (Å²) >= 11 is 3.23. The van der Waals surface area contributed by atoms with Crippen LogP contribution in [0.4, 0.5) is 5.69 Å². The molecule has 5 nitrogen and oxygen atoms in total. The highest BCUT2D eigenvalue weighted by Crippen LogP contribution is 2.33. The van der Waals surface area contributed by atoms with Gasteiger partial charge in [-0.2, -0.15) is 0 Å². The normalized spacial score (nSPS) is 23.1. The van der Waals surface area contributed by atoms with E-state index in [1.54, 1.807) is 19.2 Å². The Kier molecular flexibility index (Phi) is 4.76. The first-order valence-corrected chi connectivity index (χ1v) is 7.03. The molecule has 19 heavy (non-hydrogen) atoms. The van der Waals surface area contributed by atoms with Gasteiger partial charge in [-0.15, -0.1) is 0 Å². The van der Waals surface area contributed by atoms with Crippen LogP contribution in [0.25, 0.3) is 0 Å². The Morgan fingerprint density at radius 2 is 2.11 bits per heavy atom. The zero-order valence-electron chi connectivity index (χ0n) is 10.7. The van der Waals surface area contributed by atoms with Crippen molar-refractivity contribution >= 4 is 21.6 Å². The van der Waals surface area contributed by atoms with Gasteiger partial charge in [0.05, 0.1) is 11.0 Å². The number of rotatable bonds is 4. The van der Waals surface area contributed by atoms with Crippen molar-refractivity contribution in [1.29, 1.82) is 0 Å². The Morgan fingerprint density at radius 3 is 2.79 bits per heavy atom. The number of ether oxygens (including phenoxy) is 2. The van der Waals surface area contributed by atoms with Crippen molar-refractivity contribution in [2.45, 2.75) is 37.9 Å². The lowest BCUT2D eigenvalue weighted by Gasteiger charge is -2.28. The minimum atomic E-state index is -0.420. The lowest BCUT2D eigenvalue weighted by Crippen LogP contribution is -2.29. The van der Waals surface area contributed by atoms with Crippen molar-refractivity contribution in [3.63, 3.8) is 0 Å².